The largest absolute Gasteiger partial charge is 0.387 e. The number of anilines is 2. The number of amides is 1. The Balaban J connectivity index is 2.33. The average molecular weight is 306 g/mol. The van der Waals surface area contributed by atoms with Crippen molar-refractivity contribution < 1.29 is 9.72 Å². The number of nitrogens with one attached hydrogen (secondary N) is 2. The third kappa shape index (κ3) is 3.16. The van der Waals surface area contributed by atoms with Gasteiger partial charge in [0.05, 0.1) is 16.2 Å². The Kier molecular flexibility index (Phi) is 4.18. The second-order valence-electron chi connectivity index (χ2n) is 4.35. The molecule has 1 aromatic heterocycles. The lowest BCUT2D eigenvalue weighted by Gasteiger charge is -2.08. The smallest absolute Gasteiger partial charge is 0.270 e. The Morgan fingerprint density at radius 1 is 1.38 bits per heavy atom. The number of aryl methyl sites for hydroxylation is 2. The summed E-state index contributed by atoms with van der Waals surface area (Å²) in [6.45, 7) is 3.77. The molecular formula is C13H14N4O3S. The monoisotopic (exact) mass is 306 g/mol. The zero-order valence-electron chi connectivity index (χ0n) is 11.8. The Hall–Kier alpha value is -2.48. The maximum atomic E-state index is 12.3. The Labute approximate surface area is 125 Å². The molecule has 110 valence electrons. The van der Waals surface area contributed by atoms with Gasteiger partial charge < -0.3 is 5.32 Å². The van der Waals surface area contributed by atoms with Crippen LogP contribution in [0.3, 0.4) is 0 Å². The van der Waals surface area contributed by atoms with Crippen LogP contribution < -0.4 is 10.6 Å². The maximum absolute atomic E-state index is 12.3. The first-order valence-corrected chi connectivity index (χ1v) is 6.95. The van der Waals surface area contributed by atoms with Crippen molar-refractivity contribution in [2.45, 2.75) is 13.8 Å². The molecular weight excluding hydrogens is 292 g/mol. The van der Waals surface area contributed by atoms with Crippen LogP contribution in [0, 0.1) is 24.0 Å². The second kappa shape index (κ2) is 5.88. The van der Waals surface area contributed by atoms with E-state index in [2.05, 4.69) is 15.6 Å². The van der Waals surface area contributed by atoms with Crippen LogP contribution >= 0.6 is 11.3 Å². The number of nitro benzene ring substituents is 1. The molecule has 2 rings (SSSR count). The van der Waals surface area contributed by atoms with Crippen molar-refractivity contribution in [2.24, 2.45) is 0 Å². The number of carbonyl (C=O) groups is 1. The molecule has 0 spiro atoms. The van der Waals surface area contributed by atoms with Crippen molar-refractivity contribution in [2.75, 3.05) is 17.7 Å². The number of nitro groups is 1. The molecule has 2 aromatic rings. The molecule has 0 saturated carbocycles. The summed E-state index contributed by atoms with van der Waals surface area (Å²) in [7, 11) is 1.65. The Bertz CT molecular complexity index is 692. The molecule has 0 aliphatic rings. The Morgan fingerprint density at radius 2 is 2.10 bits per heavy atom. The van der Waals surface area contributed by atoms with Crippen LogP contribution in [0.1, 0.15) is 20.9 Å². The molecule has 1 heterocycles. The van der Waals surface area contributed by atoms with Crippen LogP contribution in [0.15, 0.2) is 18.2 Å². The summed E-state index contributed by atoms with van der Waals surface area (Å²) >= 11 is 1.36. The Morgan fingerprint density at radius 3 is 2.62 bits per heavy atom. The molecule has 0 aliphatic carbocycles. The molecule has 7 nitrogen and oxygen atoms in total. The van der Waals surface area contributed by atoms with Crippen molar-refractivity contribution >= 4 is 33.8 Å². The predicted molar refractivity (Wildman–Crippen MR) is 82.2 cm³/mol. The lowest BCUT2D eigenvalue weighted by molar-refractivity contribution is -0.384. The molecule has 0 bridgehead atoms. The van der Waals surface area contributed by atoms with E-state index in [1.807, 2.05) is 13.8 Å². The maximum Gasteiger partial charge on any atom is 0.270 e. The van der Waals surface area contributed by atoms with E-state index in [0.717, 1.165) is 10.6 Å². The van der Waals surface area contributed by atoms with E-state index in [4.69, 9.17) is 0 Å². The lowest BCUT2D eigenvalue weighted by Crippen LogP contribution is -2.14. The third-order valence-corrected chi connectivity index (χ3v) is 3.97. The molecule has 0 aliphatic heterocycles. The van der Waals surface area contributed by atoms with E-state index in [9.17, 15) is 14.9 Å². The molecule has 21 heavy (non-hydrogen) atoms. The predicted octanol–water partition coefficient (Wildman–Crippen LogP) is 2.96. The summed E-state index contributed by atoms with van der Waals surface area (Å²) in [6, 6.07) is 4.10. The van der Waals surface area contributed by atoms with E-state index in [0.29, 0.717) is 10.8 Å². The number of hydrogen-bond donors (Lipinski definition) is 2. The molecule has 1 aromatic carbocycles. The third-order valence-electron chi connectivity index (χ3n) is 2.98. The number of benzene rings is 1. The van der Waals surface area contributed by atoms with Crippen LogP contribution in [-0.4, -0.2) is 22.9 Å². The highest BCUT2D eigenvalue weighted by Gasteiger charge is 2.17. The van der Waals surface area contributed by atoms with Gasteiger partial charge in [-0.2, -0.15) is 0 Å². The van der Waals surface area contributed by atoms with Gasteiger partial charge in [-0.3, -0.25) is 20.2 Å². The summed E-state index contributed by atoms with van der Waals surface area (Å²) < 4.78 is 0. The van der Waals surface area contributed by atoms with Crippen LogP contribution in [0.5, 0.6) is 0 Å². The highest BCUT2D eigenvalue weighted by Crippen LogP contribution is 2.25. The zero-order valence-corrected chi connectivity index (χ0v) is 12.6. The van der Waals surface area contributed by atoms with Crippen LogP contribution in [-0.2, 0) is 0 Å². The summed E-state index contributed by atoms with van der Waals surface area (Å²) in [5.74, 6) is -0.434. The molecule has 0 radical (unpaired) electrons. The fraction of sp³-hybridized carbons (Fsp3) is 0.231. The number of aromatic nitrogens is 1. The van der Waals surface area contributed by atoms with Crippen molar-refractivity contribution in [3.63, 3.8) is 0 Å². The van der Waals surface area contributed by atoms with Crippen molar-refractivity contribution in [3.8, 4) is 0 Å². The highest BCUT2D eigenvalue weighted by molar-refractivity contribution is 7.15. The summed E-state index contributed by atoms with van der Waals surface area (Å²) in [4.78, 5) is 27.8. The van der Waals surface area contributed by atoms with E-state index < -0.39 is 10.8 Å². The number of thiazole rings is 1. The van der Waals surface area contributed by atoms with Gasteiger partial charge in [-0.25, -0.2) is 4.98 Å². The summed E-state index contributed by atoms with van der Waals surface area (Å²) in [6.07, 6.45) is 0. The van der Waals surface area contributed by atoms with E-state index in [1.54, 1.807) is 7.05 Å². The highest BCUT2D eigenvalue weighted by atomic mass is 32.1. The van der Waals surface area contributed by atoms with Gasteiger partial charge in [-0.15, -0.1) is 11.3 Å². The molecule has 8 heteroatoms. The van der Waals surface area contributed by atoms with E-state index in [-0.39, 0.29) is 11.3 Å². The van der Waals surface area contributed by atoms with Gasteiger partial charge in [0.2, 0.25) is 0 Å². The standard InChI is InChI=1S/C13H14N4O3S/c1-7-8(2)21-13(15-7)16-12(18)10-6-9(17(19)20)4-5-11(10)14-3/h4-6,14H,1-3H3,(H,15,16,18). The molecule has 0 saturated heterocycles. The number of nitrogens with zero attached hydrogens (tertiary/aromatic N) is 2. The molecule has 0 atom stereocenters. The van der Waals surface area contributed by atoms with Crippen LogP contribution in [0.2, 0.25) is 0 Å². The minimum Gasteiger partial charge on any atom is -0.387 e. The minimum atomic E-state index is -0.534. The van der Waals surface area contributed by atoms with Crippen LogP contribution in [0.4, 0.5) is 16.5 Å². The summed E-state index contributed by atoms with van der Waals surface area (Å²) in [5.41, 5.74) is 1.44. The minimum absolute atomic E-state index is 0.134. The van der Waals surface area contributed by atoms with E-state index >= 15 is 0 Å². The van der Waals surface area contributed by atoms with Gasteiger partial charge in [0.1, 0.15) is 0 Å². The number of non-ortho nitro benzene ring substituents is 1. The van der Waals surface area contributed by atoms with Gasteiger partial charge in [-0.05, 0) is 19.9 Å². The average Bonchev–Trinajstić information content (AvgIpc) is 2.76. The first kappa shape index (κ1) is 14.9. The molecule has 1 amide bonds. The van der Waals surface area contributed by atoms with Crippen molar-refractivity contribution in [1.82, 2.24) is 4.98 Å². The van der Waals surface area contributed by atoms with Gasteiger partial charge in [0.15, 0.2) is 5.13 Å². The van der Waals surface area contributed by atoms with Gasteiger partial charge in [0, 0.05) is 29.7 Å². The second-order valence-corrected chi connectivity index (χ2v) is 5.55. The quantitative estimate of drug-likeness (QED) is 0.668. The number of carbonyl (C=O) groups excluding carboxylic acids is 1. The number of hydrogen-bond acceptors (Lipinski definition) is 6. The number of rotatable bonds is 4. The van der Waals surface area contributed by atoms with E-state index in [1.165, 1.54) is 29.5 Å². The van der Waals surface area contributed by atoms with Crippen LogP contribution in [0.25, 0.3) is 0 Å². The first-order chi connectivity index (χ1) is 9.92. The van der Waals surface area contributed by atoms with Gasteiger partial charge in [-0.1, -0.05) is 0 Å². The fourth-order valence-electron chi connectivity index (χ4n) is 1.74. The molecule has 2 N–H and O–H groups in total. The first-order valence-electron chi connectivity index (χ1n) is 6.14. The normalized spacial score (nSPS) is 10.2. The topological polar surface area (TPSA) is 97.2 Å². The van der Waals surface area contributed by atoms with Crippen molar-refractivity contribution in [3.05, 3.63) is 44.4 Å². The fourth-order valence-corrected chi connectivity index (χ4v) is 2.55. The van der Waals surface area contributed by atoms with Crippen molar-refractivity contribution in [1.29, 1.82) is 0 Å². The summed E-state index contributed by atoms with van der Waals surface area (Å²) in [5, 5.41) is 16.8. The zero-order chi connectivity index (χ0) is 15.6. The van der Waals surface area contributed by atoms with Gasteiger partial charge >= 0.3 is 0 Å². The van der Waals surface area contributed by atoms with Gasteiger partial charge in [0.25, 0.3) is 11.6 Å². The SMILES string of the molecule is CNc1ccc([N+](=O)[O-])cc1C(=O)Nc1nc(C)c(C)s1. The molecule has 0 fully saturated rings. The molecule has 0 unspecified atom stereocenters. The lowest BCUT2D eigenvalue weighted by atomic mass is 10.1.